The van der Waals surface area contributed by atoms with Gasteiger partial charge < -0.3 is 4.74 Å². The molecule has 2 aromatic rings. The lowest BCUT2D eigenvalue weighted by Crippen LogP contribution is -2.05. The van der Waals surface area contributed by atoms with Crippen LogP contribution in [0.15, 0.2) is 36.7 Å². The number of ether oxygens (including phenoxy) is 1. The van der Waals surface area contributed by atoms with Gasteiger partial charge in [-0.1, -0.05) is 51.3 Å². The fourth-order valence-corrected chi connectivity index (χ4v) is 3.29. The van der Waals surface area contributed by atoms with E-state index in [1.807, 2.05) is 38.1 Å². The van der Waals surface area contributed by atoms with E-state index < -0.39 is 0 Å². The third-order valence-electron chi connectivity index (χ3n) is 4.79. The van der Waals surface area contributed by atoms with Crippen molar-refractivity contribution in [3.8, 4) is 5.75 Å². The molecule has 0 saturated carbocycles. The second-order valence-corrected chi connectivity index (χ2v) is 7.30. The summed E-state index contributed by atoms with van der Waals surface area (Å²) in [7, 11) is 0. The van der Waals surface area contributed by atoms with E-state index in [-0.39, 0.29) is 5.78 Å². The van der Waals surface area contributed by atoms with Crippen molar-refractivity contribution in [1.29, 1.82) is 0 Å². The van der Waals surface area contributed by atoms with Crippen molar-refractivity contribution in [3.63, 3.8) is 0 Å². The monoisotopic (exact) mass is 353 g/mol. The summed E-state index contributed by atoms with van der Waals surface area (Å²) in [6.45, 7) is 8.98. The Kier molecular flexibility index (Phi) is 7.83. The molecule has 1 unspecified atom stereocenters. The molecule has 1 aromatic heterocycles. The Hall–Kier alpha value is -2.16. The molecule has 0 aliphatic heterocycles. The van der Waals surface area contributed by atoms with Gasteiger partial charge >= 0.3 is 0 Å². The Morgan fingerprint density at radius 2 is 1.88 bits per heavy atom. The molecule has 0 aliphatic rings. The number of carbonyl (C=O) groups excluding carboxylic acids is 1. The Balaban J connectivity index is 1.92. The maximum atomic E-state index is 12.4. The highest BCUT2D eigenvalue weighted by atomic mass is 16.5. The van der Waals surface area contributed by atoms with Crippen LogP contribution in [0, 0.1) is 19.8 Å². The van der Waals surface area contributed by atoms with E-state index >= 15 is 0 Å². The van der Waals surface area contributed by atoms with Crippen molar-refractivity contribution in [2.24, 2.45) is 5.92 Å². The molecule has 1 atom stereocenters. The molecule has 2 rings (SSSR count). The van der Waals surface area contributed by atoms with Crippen LogP contribution in [-0.4, -0.2) is 10.8 Å². The molecular formula is C23H31NO2. The molecule has 0 radical (unpaired) electrons. The fraction of sp³-hybridized carbons (Fsp3) is 0.478. The zero-order chi connectivity index (χ0) is 18.9. The summed E-state index contributed by atoms with van der Waals surface area (Å²) in [5.74, 6) is 1.78. The predicted molar refractivity (Wildman–Crippen MR) is 107 cm³/mol. The van der Waals surface area contributed by atoms with Crippen LogP contribution in [0.2, 0.25) is 0 Å². The van der Waals surface area contributed by atoms with E-state index in [1.54, 1.807) is 12.4 Å². The van der Waals surface area contributed by atoms with Gasteiger partial charge in [-0.25, -0.2) is 0 Å². The minimum absolute atomic E-state index is 0.176. The first-order chi connectivity index (χ1) is 12.5. The van der Waals surface area contributed by atoms with Gasteiger partial charge in [0.15, 0.2) is 5.78 Å². The van der Waals surface area contributed by atoms with Crippen molar-refractivity contribution >= 4 is 5.78 Å². The molecule has 0 N–H and O–H groups in total. The summed E-state index contributed by atoms with van der Waals surface area (Å²) in [4.78, 5) is 16.7. The molecule has 140 valence electrons. The molecule has 0 aliphatic carbocycles. The Morgan fingerprint density at radius 3 is 2.58 bits per heavy atom. The SMILES string of the molecule is CCCC(C)CCCC(=O)c1cncc(COc2c(C)cccc2C)c1. The van der Waals surface area contributed by atoms with Crippen LogP contribution >= 0.6 is 0 Å². The molecule has 3 nitrogen and oxygen atoms in total. The average Bonchev–Trinajstić information content (AvgIpc) is 2.61. The molecular weight excluding hydrogens is 322 g/mol. The Bertz CT molecular complexity index is 704. The van der Waals surface area contributed by atoms with Gasteiger partial charge in [-0.2, -0.15) is 0 Å². The molecule has 3 heteroatoms. The van der Waals surface area contributed by atoms with Crippen LogP contribution in [0.25, 0.3) is 0 Å². The largest absolute Gasteiger partial charge is 0.488 e. The normalized spacial score (nSPS) is 12.0. The predicted octanol–water partition coefficient (Wildman–Crippen LogP) is 6.07. The topological polar surface area (TPSA) is 39.2 Å². The average molecular weight is 354 g/mol. The summed E-state index contributed by atoms with van der Waals surface area (Å²) in [5, 5.41) is 0. The van der Waals surface area contributed by atoms with Crippen LogP contribution in [0.5, 0.6) is 5.75 Å². The van der Waals surface area contributed by atoms with E-state index in [0.29, 0.717) is 24.5 Å². The number of hydrogen-bond donors (Lipinski definition) is 0. The molecule has 0 bridgehead atoms. The number of para-hydroxylation sites is 1. The second kappa shape index (κ2) is 10.1. The molecule has 0 saturated heterocycles. The maximum Gasteiger partial charge on any atom is 0.164 e. The maximum absolute atomic E-state index is 12.4. The smallest absolute Gasteiger partial charge is 0.164 e. The number of nitrogens with zero attached hydrogens (tertiary/aromatic N) is 1. The fourth-order valence-electron chi connectivity index (χ4n) is 3.29. The number of pyridine rings is 1. The number of benzene rings is 1. The number of hydrogen-bond acceptors (Lipinski definition) is 3. The van der Waals surface area contributed by atoms with Gasteiger partial charge in [0, 0.05) is 29.9 Å². The third-order valence-corrected chi connectivity index (χ3v) is 4.79. The lowest BCUT2D eigenvalue weighted by Gasteiger charge is -2.12. The van der Waals surface area contributed by atoms with Gasteiger partial charge in [0.05, 0.1) is 0 Å². The van der Waals surface area contributed by atoms with E-state index in [2.05, 4.69) is 18.8 Å². The zero-order valence-electron chi connectivity index (χ0n) is 16.5. The van der Waals surface area contributed by atoms with E-state index in [0.717, 1.165) is 35.3 Å². The van der Waals surface area contributed by atoms with Crippen LogP contribution in [-0.2, 0) is 6.61 Å². The summed E-state index contributed by atoms with van der Waals surface area (Å²) >= 11 is 0. The van der Waals surface area contributed by atoms with E-state index in [9.17, 15) is 4.79 Å². The van der Waals surface area contributed by atoms with Gasteiger partial charge in [0.1, 0.15) is 12.4 Å². The lowest BCUT2D eigenvalue weighted by atomic mass is 9.97. The van der Waals surface area contributed by atoms with Gasteiger partial charge in [-0.05, 0) is 43.4 Å². The number of Topliss-reactive ketones (excluding diaryl/α,β-unsaturated/α-hetero) is 1. The van der Waals surface area contributed by atoms with Crippen molar-refractivity contribution < 1.29 is 9.53 Å². The van der Waals surface area contributed by atoms with Crippen molar-refractivity contribution in [2.75, 3.05) is 0 Å². The molecule has 0 amide bonds. The first-order valence-corrected chi connectivity index (χ1v) is 9.67. The second-order valence-electron chi connectivity index (χ2n) is 7.30. The van der Waals surface area contributed by atoms with Crippen LogP contribution in [0.1, 0.15) is 73.0 Å². The van der Waals surface area contributed by atoms with E-state index in [1.165, 1.54) is 12.8 Å². The quantitative estimate of drug-likeness (QED) is 0.487. The highest BCUT2D eigenvalue weighted by molar-refractivity contribution is 5.95. The molecule has 0 fully saturated rings. The summed E-state index contributed by atoms with van der Waals surface area (Å²) < 4.78 is 5.98. The molecule has 26 heavy (non-hydrogen) atoms. The lowest BCUT2D eigenvalue weighted by molar-refractivity contribution is 0.0977. The minimum atomic E-state index is 0.176. The van der Waals surface area contributed by atoms with Crippen LogP contribution in [0.3, 0.4) is 0 Å². The zero-order valence-corrected chi connectivity index (χ0v) is 16.5. The van der Waals surface area contributed by atoms with Gasteiger partial charge in [-0.15, -0.1) is 0 Å². The Labute approximate surface area is 157 Å². The standard InChI is InChI=1S/C23H31NO2/c1-5-8-17(2)9-6-12-22(25)21-13-20(14-24-15-21)16-26-23-18(3)10-7-11-19(23)4/h7,10-11,13-15,17H,5-6,8-9,12,16H2,1-4H3. The van der Waals surface area contributed by atoms with E-state index in [4.69, 9.17) is 4.74 Å². The van der Waals surface area contributed by atoms with Gasteiger partial charge in [-0.3, -0.25) is 9.78 Å². The number of aryl methyl sites for hydroxylation is 2. The number of carbonyl (C=O) groups is 1. The summed E-state index contributed by atoms with van der Waals surface area (Å²) in [6, 6.07) is 8.03. The van der Waals surface area contributed by atoms with Crippen molar-refractivity contribution in [3.05, 3.63) is 58.9 Å². The van der Waals surface area contributed by atoms with Crippen LogP contribution in [0.4, 0.5) is 0 Å². The summed E-state index contributed by atoms with van der Waals surface area (Å²) in [6.07, 6.45) is 8.54. The van der Waals surface area contributed by atoms with Gasteiger partial charge in [0.25, 0.3) is 0 Å². The van der Waals surface area contributed by atoms with Crippen molar-refractivity contribution in [1.82, 2.24) is 4.98 Å². The highest BCUT2D eigenvalue weighted by Crippen LogP contribution is 2.23. The van der Waals surface area contributed by atoms with Crippen molar-refractivity contribution in [2.45, 2.75) is 66.4 Å². The number of aromatic nitrogens is 1. The Morgan fingerprint density at radius 1 is 1.15 bits per heavy atom. The number of ketones is 1. The molecule has 1 aromatic carbocycles. The molecule has 1 heterocycles. The van der Waals surface area contributed by atoms with Crippen LogP contribution < -0.4 is 4.74 Å². The van der Waals surface area contributed by atoms with Gasteiger partial charge in [0.2, 0.25) is 0 Å². The third kappa shape index (κ3) is 5.98. The molecule has 0 spiro atoms. The first-order valence-electron chi connectivity index (χ1n) is 9.67. The minimum Gasteiger partial charge on any atom is -0.488 e. The highest BCUT2D eigenvalue weighted by Gasteiger charge is 2.10. The number of rotatable bonds is 10. The summed E-state index contributed by atoms with van der Waals surface area (Å²) in [5.41, 5.74) is 3.85. The first kappa shape index (κ1) is 20.2.